The zero-order valence-corrected chi connectivity index (χ0v) is 14.3. The predicted octanol–water partition coefficient (Wildman–Crippen LogP) is 3.43. The summed E-state index contributed by atoms with van der Waals surface area (Å²) in [6.07, 6.45) is 0.676. The monoisotopic (exact) mass is 354 g/mol. The van der Waals surface area contributed by atoms with Crippen molar-refractivity contribution in [3.05, 3.63) is 70.6 Å². The molecular weight excluding hydrogens is 336 g/mol. The lowest BCUT2D eigenvalue weighted by molar-refractivity contribution is 0.0600. The van der Waals surface area contributed by atoms with Gasteiger partial charge in [-0.15, -0.1) is 0 Å². The lowest BCUT2D eigenvalue weighted by atomic mass is 10.2. The quantitative estimate of drug-likeness (QED) is 0.368. The molecule has 0 aliphatic heterocycles. The van der Waals surface area contributed by atoms with E-state index in [2.05, 4.69) is 4.74 Å². The van der Waals surface area contributed by atoms with Crippen molar-refractivity contribution in [2.75, 3.05) is 20.3 Å². The van der Waals surface area contributed by atoms with Crippen LogP contribution in [0.15, 0.2) is 63.8 Å². The van der Waals surface area contributed by atoms with Gasteiger partial charge in [0.05, 0.1) is 25.9 Å². The number of carbonyl (C=O) groups excluding carboxylic acids is 1. The van der Waals surface area contributed by atoms with Gasteiger partial charge in [-0.3, -0.25) is 0 Å². The van der Waals surface area contributed by atoms with E-state index in [4.69, 9.17) is 13.9 Å². The summed E-state index contributed by atoms with van der Waals surface area (Å²) >= 11 is 0. The van der Waals surface area contributed by atoms with Crippen molar-refractivity contribution < 1.29 is 23.4 Å². The largest absolute Gasteiger partial charge is 0.493 e. The van der Waals surface area contributed by atoms with Crippen LogP contribution in [0.4, 0.5) is 0 Å². The molecule has 0 unspecified atom stereocenters. The molecule has 0 atom stereocenters. The Bertz CT molecular complexity index is 942. The van der Waals surface area contributed by atoms with Crippen molar-refractivity contribution >= 4 is 16.9 Å². The highest BCUT2D eigenvalue weighted by atomic mass is 16.5. The van der Waals surface area contributed by atoms with E-state index in [0.717, 1.165) is 5.39 Å². The molecule has 0 fully saturated rings. The molecule has 0 saturated heterocycles. The molecule has 3 rings (SSSR count). The summed E-state index contributed by atoms with van der Waals surface area (Å²) < 4.78 is 21.0. The fourth-order valence-corrected chi connectivity index (χ4v) is 2.37. The van der Waals surface area contributed by atoms with E-state index in [9.17, 15) is 9.59 Å². The molecule has 0 radical (unpaired) electrons. The van der Waals surface area contributed by atoms with Gasteiger partial charge in [0.2, 0.25) is 0 Å². The second-order valence-corrected chi connectivity index (χ2v) is 5.52. The standard InChI is InChI=1S/C20H18O6/c1-23-20(22)15-4-7-16(8-5-15)24-11-2-12-25-17-9-3-14-6-10-19(21)26-18(14)13-17/h3-10,13H,2,11-12H2,1H3. The minimum absolute atomic E-state index is 0.379. The molecule has 1 aromatic heterocycles. The maximum Gasteiger partial charge on any atom is 0.337 e. The van der Waals surface area contributed by atoms with Crippen molar-refractivity contribution in [1.82, 2.24) is 0 Å². The van der Waals surface area contributed by atoms with Gasteiger partial charge >= 0.3 is 11.6 Å². The highest BCUT2D eigenvalue weighted by Crippen LogP contribution is 2.19. The Labute approximate surface area is 149 Å². The van der Waals surface area contributed by atoms with Gasteiger partial charge in [-0.05, 0) is 42.5 Å². The number of esters is 1. The molecule has 0 N–H and O–H groups in total. The van der Waals surface area contributed by atoms with Crippen LogP contribution in [0.3, 0.4) is 0 Å². The Balaban J connectivity index is 1.45. The van der Waals surface area contributed by atoms with Crippen LogP contribution >= 0.6 is 0 Å². The van der Waals surface area contributed by atoms with Crippen molar-refractivity contribution in [2.45, 2.75) is 6.42 Å². The topological polar surface area (TPSA) is 75.0 Å². The van der Waals surface area contributed by atoms with Crippen LogP contribution in [-0.4, -0.2) is 26.3 Å². The molecule has 26 heavy (non-hydrogen) atoms. The SMILES string of the molecule is COC(=O)c1ccc(OCCCOc2ccc3ccc(=O)oc3c2)cc1. The van der Waals surface area contributed by atoms with Crippen LogP contribution in [0.1, 0.15) is 16.8 Å². The summed E-state index contributed by atoms with van der Waals surface area (Å²) in [5.74, 6) is 0.926. The normalized spacial score (nSPS) is 10.5. The van der Waals surface area contributed by atoms with Gasteiger partial charge in [0.25, 0.3) is 0 Å². The van der Waals surface area contributed by atoms with Crippen LogP contribution in [0.2, 0.25) is 0 Å². The van der Waals surface area contributed by atoms with Crippen LogP contribution in [-0.2, 0) is 4.74 Å². The number of fused-ring (bicyclic) bond motifs is 1. The number of hydrogen-bond donors (Lipinski definition) is 0. The first kappa shape index (κ1) is 17.5. The molecular formula is C20H18O6. The summed E-state index contributed by atoms with van der Waals surface area (Å²) in [4.78, 5) is 22.6. The number of hydrogen-bond acceptors (Lipinski definition) is 6. The predicted molar refractivity (Wildman–Crippen MR) is 95.9 cm³/mol. The van der Waals surface area contributed by atoms with Crippen LogP contribution in [0.25, 0.3) is 11.0 Å². The zero-order chi connectivity index (χ0) is 18.4. The highest BCUT2D eigenvalue weighted by Gasteiger charge is 2.05. The van der Waals surface area contributed by atoms with Gasteiger partial charge in [0, 0.05) is 23.9 Å². The molecule has 6 heteroatoms. The molecule has 134 valence electrons. The molecule has 0 amide bonds. The van der Waals surface area contributed by atoms with E-state index in [0.29, 0.717) is 42.3 Å². The van der Waals surface area contributed by atoms with Crippen molar-refractivity contribution in [1.29, 1.82) is 0 Å². The molecule has 0 saturated carbocycles. The van der Waals surface area contributed by atoms with Gasteiger partial charge in [0.15, 0.2) is 0 Å². The minimum Gasteiger partial charge on any atom is -0.493 e. The van der Waals surface area contributed by atoms with E-state index in [1.54, 1.807) is 36.4 Å². The zero-order valence-electron chi connectivity index (χ0n) is 14.3. The summed E-state index contributed by atoms with van der Waals surface area (Å²) in [6.45, 7) is 0.934. The lowest BCUT2D eigenvalue weighted by Crippen LogP contribution is -2.05. The Morgan fingerprint density at radius 3 is 2.31 bits per heavy atom. The molecule has 0 spiro atoms. The maximum absolute atomic E-state index is 11.4. The second kappa shape index (κ2) is 8.20. The van der Waals surface area contributed by atoms with Gasteiger partial charge < -0.3 is 18.6 Å². The first-order valence-corrected chi connectivity index (χ1v) is 8.13. The van der Waals surface area contributed by atoms with Crippen LogP contribution in [0.5, 0.6) is 11.5 Å². The second-order valence-electron chi connectivity index (χ2n) is 5.52. The summed E-state index contributed by atoms with van der Waals surface area (Å²) in [5, 5.41) is 0.843. The first-order valence-electron chi connectivity index (χ1n) is 8.13. The third kappa shape index (κ3) is 4.42. The Hall–Kier alpha value is -3.28. The van der Waals surface area contributed by atoms with E-state index in [-0.39, 0.29) is 11.6 Å². The molecule has 0 aliphatic rings. The fraction of sp³-hybridized carbons (Fsp3) is 0.200. The van der Waals surface area contributed by atoms with E-state index in [1.165, 1.54) is 13.2 Å². The van der Waals surface area contributed by atoms with E-state index < -0.39 is 0 Å². The van der Waals surface area contributed by atoms with Gasteiger partial charge in [-0.1, -0.05) is 0 Å². The third-order valence-electron chi connectivity index (χ3n) is 3.70. The van der Waals surface area contributed by atoms with Gasteiger partial charge in [-0.2, -0.15) is 0 Å². The number of rotatable bonds is 7. The third-order valence-corrected chi connectivity index (χ3v) is 3.70. The lowest BCUT2D eigenvalue weighted by Gasteiger charge is -2.09. The molecule has 3 aromatic rings. The molecule has 2 aromatic carbocycles. The fourth-order valence-electron chi connectivity index (χ4n) is 2.37. The Morgan fingerprint density at radius 2 is 1.58 bits per heavy atom. The molecule has 0 aliphatic carbocycles. The number of methoxy groups -OCH3 is 1. The highest BCUT2D eigenvalue weighted by molar-refractivity contribution is 5.89. The van der Waals surface area contributed by atoms with Gasteiger partial charge in [-0.25, -0.2) is 9.59 Å². The van der Waals surface area contributed by atoms with Gasteiger partial charge in [0.1, 0.15) is 17.1 Å². The first-order chi connectivity index (χ1) is 12.7. The van der Waals surface area contributed by atoms with Crippen LogP contribution in [0, 0.1) is 0 Å². The minimum atomic E-state index is -0.388. The van der Waals surface area contributed by atoms with Crippen molar-refractivity contribution in [3.63, 3.8) is 0 Å². The molecule has 1 heterocycles. The van der Waals surface area contributed by atoms with Crippen molar-refractivity contribution in [2.24, 2.45) is 0 Å². The Kier molecular flexibility index (Phi) is 5.53. The van der Waals surface area contributed by atoms with Crippen LogP contribution < -0.4 is 15.1 Å². The molecule has 6 nitrogen and oxygen atoms in total. The average molecular weight is 354 g/mol. The van der Waals surface area contributed by atoms with E-state index in [1.807, 2.05) is 12.1 Å². The van der Waals surface area contributed by atoms with Crippen molar-refractivity contribution in [3.8, 4) is 11.5 Å². The van der Waals surface area contributed by atoms with E-state index >= 15 is 0 Å². The number of ether oxygens (including phenoxy) is 3. The average Bonchev–Trinajstić information content (AvgIpc) is 2.67. The number of carbonyl (C=O) groups is 1. The molecule has 0 bridgehead atoms. The maximum atomic E-state index is 11.4. The Morgan fingerprint density at radius 1 is 0.923 bits per heavy atom. The summed E-state index contributed by atoms with van der Waals surface area (Å²) in [7, 11) is 1.34. The smallest absolute Gasteiger partial charge is 0.337 e. The summed E-state index contributed by atoms with van der Waals surface area (Å²) in [6, 6.07) is 15.2. The number of benzene rings is 2. The summed E-state index contributed by atoms with van der Waals surface area (Å²) in [5.41, 5.74) is 0.587.